The van der Waals surface area contributed by atoms with Gasteiger partial charge in [-0.05, 0) is 53.1 Å². The molecule has 0 bridgehead atoms. The zero-order chi connectivity index (χ0) is 15.5. The summed E-state index contributed by atoms with van der Waals surface area (Å²) >= 11 is 7.19. The molecule has 0 saturated carbocycles. The quantitative estimate of drug-likeness (QED) is 0.742. The Morgan fingerprint density at radius 2 is 1.95 bits per heavy atom. The molecule has 22 heavy (non-hydrogen) atoms. The topological polar surface area (TPSA) is 69.6 Å². The number of benzene rings is 2. The van der Waals surface area contributed by atoms with E-state index < -0.39 is 0 Å². The second-order valence-corrected chi connectivity index (χ2v) is 5.62. The maximum Gasteiger partial charge on any atom is 0.204 e. The average molecular weight is 336 g/mol. The van der Waals surface area contributed by atoms with E-state index in [0.29, 0.717) is 17.4 Å². The van der Waals surface area contributed by atoms with Crippen molar-refractivity contribution in [2.45, 2.75) is 11.4 Å². The fourth-order valence-electron chi connectivity index (χ4n) is 1.91. The highest BCUT2D eigenvalue weighted by Crippen LogP contribution is 2.27. The Morgan fingerprint density at radius 1 is 1.18 bits per heavy atom. The third-order valence-electron chi connectivity index (χ3n) is 3.01. The minimum absolute atomic E-state index is 0.275. The van der Waals surface area contributed by atoms with Crippen molar-refractivity contribution in [2.75, 3.05) is 0 Å². The first-order chi connectivity index (χ1) is 10.7. The molecule has 5 nitrogen and oxygen atoms in total. The zero-order valence-electron chi connectivity index (χ0n) is 11.3. The summed E-state index contributed by atoms with van der Waals surface area (Å²) < 4.78 is 12.9. The fraction of sp³-hybridized carbons (Fsp3) is 0.0714. The van der Waals surface area contributed by atoms with Crippen molar-refractivity contribution >= 4 is 23.5 Å². The number of tetrazole rings is 1. The van der Waals surface area contributed by atoms with Crippen molar-refractivity contribution in [1.29, 1.82) is 0 Å². The van der Waals surface area contributed by atoms with E-state index in [4.69, 9.17) is 16.7 Å². The van der Waals surface area contributed by atoms with Gasteiger partial charge in [-0.3, -0.25) is 5.14 Å². The maximum atomic E-state index is 12.9. The van der Waals surface area contributed by atoms with Gasteiger partial charge in [0.2, 0.25) is 5.82 Å². The number of aromatic nitrogens is 4. The van der Waals surface area contributed by atoms with Gasteiger partial charge >= 0.3 is 0 Å². The fourth-order valence-corrected chi connectivity index (χ4v) is 2.55. The Morgan fingerprint density at radius 3 is 2.64 bits per heavy atom. The maximum absolute atomic E-state index is 12.9. The van der Waals surface area contributed by atoms with Crippen LogP contribution in [-0.2, 0) is 6.54 Å². The van der Waals surface area contributed by atoms with E-state index in [9.17, 15) is 4.39 Å². The molecule has 0 aliphatic heterocycles. The van der Waals surface area contributed by atoms with Crippen LogP contribution in [0, 0.1) is 5.82 Å². The molecule has 2 N–H and O–H groups in total. The Labute approximate surface area is 135 Å². The summed E-state index contributed by atoms with van der Waals surface area (Å²) in [6.45, 7) is 0.414. The highest BCUT2D eigenvalue weighted by Gasteiger charge is 2.09. The summed E-state index contributed by atoms with van der Waals surface area (Å²) in [5, 5.41) is 18.3. The van der Waals surface area contributed by atoms with Gasteiger partial charge in [-0.2, -0.15) is 4.80 Å². The van der Waals surface area contributed by atoms with Gasteiger partial charge in [-0.1, -0.05) is 23.7 Å². The SMILES string of the molecule is NSc1ccc(-c2nnn(Cc3ccc(F)cc3)n2)cc1Cl. The molecule has 0 saturated heterocycles. The minimum atomic E-state index is -0.275. The van der Waals surface area contributed by atoms with Crippen LogP contribution in [0.5, 0.6) is 0 Å². The Hall–Kier alpha value is -1.96. The minimum Gasteiger partial charge on any atom is -0.274 e. The first kappa shape index (κ1) is 15.0. The lowest BCUT2D eigenvalue weighted by Crippen LogP contribution is -2.04. The van der Waals surface area contributed by atoms with Crippen molar-refractivity contribution in [3.63, 3.8) is 0 Å². The number of nitrogens with two attached hydrogens (primary N) is 1. The van der Waals surface area contributed by atoms with Crippen LogP contribution in [0.3, 0.4) is 0 Å². The van der Waals surface area contributed by atoms with Gasteiger partial charge in [-0.25, -0.2) is 4.39 Å². The molecule has 0 spiro atoms. The standard InChI is InChI=1S/C14H11ClFN5S/c15-12-7-10(3-6-13(12)22-17)14-18-20-21(19-14)8-9-1-4-11(16)5-2-9/h1-7H,8,17H2. The van der Waals surface area contributed by atoms with Crippen LogP contribution in [0.1, 0.15) is 5.56 Å². The Kier molecular flexibility index (Phi) is 4.37. The van der Waals surface area contributed by atoms with Crippen molar-refractivity contribution in [1.82, 2.24) is 20.2 Å². The zero-order valence-corrected chi connectivity index (χ0v) is 12.9. The molecule has 0 aliphatic rings. The Bertz CT molecular complexity index is 790. The van der Waals surface area contributed by atoms with E-state index in [0.717, 1.165) is 28.0 Å². The molecule has 0 unspecified atom stereocenters. The molecular weight excluding hydrogens is 325 g/mol. The lowest BCUT2D eigenvalue weighted by molar-refractivity contribution is 0.570. The van der Waals surface area contributed by atoms with Gasteiger partial charge < -0.3 is 0 Å². The monoisotopic (exact) mass is 335 g/mol. The summed E-state index contributed by atoms with van der Waals surface area (Å²) in [5.41, 5.74) is 1.64. The summed E-state index contributed by atoms with van der Waals surface area (Å²) in [5.74, 6) is 0.195. The van der Waals surface area contributed by atoms with Gasteiger partial charge in [0.05, 0.1) is 11.6 Å². The van der Waals surface area contributed by atoms with Gasteiger partial charge in [0.15, 0.2) is 0 Å². The normalized spacial score (nSPS) is 10.9. The van der Waals surface area contributed by atoms with Crippen LogP contribution < -0.4 is 5.14 Å². The van der Waals surface area contributed by atoms with Crippen molar-refractivity contribution < 1.29 is 4.39 Å². The van der Waals surface area contributed by atoms with Crippen LogP contribution in [-0.4, -0.2) is 20.2 Å². The van der Waals surface area contributed by atoms with E-state index >= 15 is 0 Å². The number of rotatable bonds is 4. The number of nitrogens with zero attached hydrogens (tertiary/aromatic N) is 4. The van der Waals surface area contributed by atoms with Crippen LogP contribution in [0.2, 0.25) is 5.02 Å². The van der Waals surface area contributed by atoms with Crippen LogP contribution in [0.25, 0.3) is 11.4 Å². The van der Waals surface area contributed by atoms with E-state index in [1.165, 1.54) is 16.9 Å². The molecule has 0 amide bonds. The summed E-state index contributed by atoms with van der Waals surface area (Å²) in [4.78, 5) is 2.23. The molecular formula is C14H11ClFN5S. The predicted octanol–water partition coefficient (Wildman–Crippen LogP) is 3.15. The molecule has 0 aliphatic carbocycles. The molecule has 112 valence electrons. The second kappa shape index (κ2) is 6.43. The number of hydrogen-bond donors (Lipinski definition) is 1. The molecule has 3 aromatic rings. The van der Waals surface area contributed by atoms with E-state index in [-0.39, 0.29) is 5.82 Å². The smallest absolute Gasteiger partial charge is 0.204 e. The second-order valence-electron chi connectivity index (χ2n) is 4.53. The first-order valence-corrected chi connectivity index (χ1v) is 7.60. The lowest BCUT2D eigenvalue weighted by Gasteiger charge is -2.01. The number of halogens is 2. The van der Waals surface area contributed by atoms with Gasteiger partial charge in [0.25, 0.3) is 0 Å². The van der Waals surface area contributed by atoms with E-state index in [2.05, 4.69) is 15.4 Å². The molecule has 3 rings (SSSR count). The highest BCUT2D eigenvalue weighted by atomic mass is 35.5. The van der Waals surface area contributed by atoms with E-state index in [1.807, 2.05) is 12.1 Å². The largest absolute Gasteiger partial charge is 0.274 e. The van der Waals surface area contributed by atoms with Gasteiger partial charge in [0, 0.05) is 10.5 Å². The molecule has 1 heterocycles. The number of hydrogen-bond acceptors (Lipinski definition) is 5. The lowest BCUT2D eigenvalue weighted by atomic mass is 10.2. The van der Waals surface area contributed by atoms with Gasteiger partial charge in [-0.15, -0.1) is 10.2 Å². The molecule has 0 atom stereocenters. The highest BCUT2D eigenvalue weighted by molar-refractivity contribution is 7.97. The van der Waals surface area contributed by atoms with E-state index in [1.54, 1.807) is 18.2 Å². The third kappa shape index (κ3) is 3.27. The first-order valence-electron chi connectivity index (χ1n) is 6.34. The molecule has 0 fully saturated rings. The average Bonchev–Trinajstić information content (AvgIpc) is 2.98. The van der Waals surface area contributed by atoms with Crippen LogP contribution in [0.4, 0.5) is 4.39 Å². The molecule has 0 radical (unpaired) electrons. The van der Waals surface area contributed by atoms with Crippen molar-refractivity contribution in [3.05, 3.63) is 58.9 Å². The Balaban J connectivity index is 1.81. The predicted molar refractivity (Wildman–Crippen MR) is 83.8 cm³/mol. The molecule has 2 aromatic carbocycles. The summed E-state index contributed by atoms with van der Waals surface area (Å²) in [6.07, 6.45) is 0. The van der Waals surface area contributed by atoms with Crippen LogP contribution in [0.15, 0.2) is 47.4 Å². The summed E-state index contributed by atoms with van der Waals surface area (Å²) in [7, 11) is 0. The van der Waals surface area contributed by atoms with Crippen molar-refractivity contribution in [2.24, 2.45) is 5.14 Å². The molecule has 1 aromatic heterocycles. The molecule has 8 heteroatoms. The third-order valence-corrected chi connectivity index (χ3v) is 4.04. The summed E-state index contributed by atoms with van der Waals surface area (Å²) in [6, 6.07) is 11.6. The van der Waals surface area contributed by atoms with Gasteiger partial charge in [0.1, 0.15) is 5.82 Å². The van der Waals surface area contributed by atoms with Crippen molar-refractivity contribution in [3.8, 4) is 11.4 Å². The van der Waals surface area contributed by atoms with Crippen LogP contribution >= 0.6 is 23.5 Å².